The van der Waals surface area contributed by atoms with Crippen molar-refractivity contribution in [3.63, 3.8) is 0 Å². The number of ether oxygens (including phenoxy) is 2. The van der Waals surface area contributed by atoms with Crippen LogP contribution in [0.1, 0.15) is 43.9 Å². The third-order valence-corrected chi connectivity index (χ3v) is 8.19. The van der Waals surface area contributed by atoms with Crippen molar-refractivity contribution in [2.45, 2.75) is 39.0 Å². The van der Waals surface area contributed by atoms with Gasteiger partial charge in [-0.1, -0.05) is 12.5 Å². The maximum Gasteiger partial charge on any atom is 0.211 e. The number of nitrogens with one attached hydrogen (secondary N) is 1. The van der Waals surface area contributed by atoms with Crippen LogP contribution in [0, 0.1) is 23.5 Å². The van der Waals surface area contributed by atoms with Crippen molar-refractivity contribution in [1.29, 1.82) is 0 Å². The Morgan fingerprint density at radius 2 is 2.05 bits per heavy atom. The number of methoxy groups -OCH3 is 1. The Bertz CT molecular complexity index is 1440. The van der Waals surface area contributed by atoms with Crippen molar-refractivity contribution in [1.82, 2.24) is 4.98 Å². The first kappa shape index (κ1) is 29.4. The fourth-order valence-electron chi connectivity index (χ4n) is 4.67. The first-order valence-electron chi connectivity index (χ1n) is 13.0. The van der Waals surface area contributed by atoms with Crippen LogP contribution in [0.25, 0.3) is 10.2 Å². The van der Waals surface area contributed by atoms with Crippen LogP contribution in [0.15, 0.2) is 47.2 Å². The topological polar surface area (TPSA) is 110 Å². The molecule has 11 heteroatoms. The SMILES string of the molecule is COCCC(C)[C@@H](CC(=O)CO)CC1=CN=C(c2cc3nccc(Oc4ccc(NC=O)c(F)c4F)c3s2)CC1. The van der Waals surface area contributed by atoms with Crippen molar-refractivity contribution in [2.24, 2.45) is 16.8 Å². The molecule has 4 rings (SSSR count). The van der Waals surface area contributed by atoms with E-state index in [1.54, 1.807) is 13.2 Å². The Morgan fingerprint density at radius 1 is 1.23 bits per heavy atom. The van der Waals surface area contributed by atoms with Crippen LogP contribution >= 0.6 is 11.3 Å². The van der Waals surface area contributed by atoms with Gasteiger partial charge in [0, 0.05) is 38.6 Å². The third-order valence-electron chi connectivity index (χ3n) is 7.00. The summed E-state index contributed by atoms with van der Waals surface area (Å²) in [6.45, 7) is 2.26. The second-order valence-corrected chi connectivity index (χ2v) is 10.8. The molecule has 0 fully saturated rings. The van der Waals surface area contributed by atoms with Crippen LogP contribution in [-0.2, 0) is 14.3 Å². The Labute approximate surface area is 234 Å². The number of ketones is 1. The van der Waals surface area contributed by atoms with Crippen molar-refractivity contribution in [3.8, 4) is 11.5 Å². The van der Waals surface area contributed by atoms with E-state index in [1.807, 2.05) is 12.3 Å². The lowest BCUT2D eigenvalue weighted by Gasteiger charge is -2.25. The second kappa shape index (κ2) is 13.7. The lowest BCUT2D eigenvalue weighted by atomic mass is 9.81. The number of carbonyl (C=O) groups excluding carboxylic acids is 2. The molecule has 2 N–H and O–H groups in total. The number of benzene rings is 1. The van der Waals surface area contributed by atoms with Crippen LogP contribution in [0.4, 0.5) is 14.5 Å². The normalized spacial score (nSPS) is 14.8. The number of aromatic nitrogens is 1. The van der Waals surface area contributed by atoms with Gasteiger partial charge < -0.3 is 19.9 Å². The minimum Gasteiger partial charge on any atom is -0.453 e. The highest BCUT2D eigenvalue weighted by atomic mass is 32.1. The zero-order valence-electron chi connectivity index (χ0n) is 22.3. The van der Waals surface area contributed by atoms with Gasteiger partial charge in [0.1, 0.15) is 12.4 Å². The maximum absolute atomic E-state index is 14.6. The van der Waals surface area contributed by atoms with Gasteiger partial charge >= 0.3 is 0 Å². The average molecular weight is 572 g/mol. The van der Waals surface area contributed by atoms with Gasteiger partial charge in [0.2, 0.25) is 12.2 Å². The van der Waals surface area contributed by atoms with Crippen molar-refractivity contribution in [2.75, 3.05) is 25.6 Å². The van der Waals surface area contributed by atoms with Crippen LogP contribution in [0.5, 0.6) is 11.5 Å². The number of halogens is 2. The van der Waals surface area contributed by atoms with E-state index in [0.717, 1.165) is 35.4 Å². The zero-order chi connectivity index (χ0) is 28.6. The predicted molar refractivity (Wildman–Crippen MR) is 150 cm³/mol. The van der Waals surface area contributed by atoms with E-state index < -0.39 is 18.2 Å². The fourth-order valence-corrected chi connectivity index (χ4v) is 5.76. The summed E-state index contributed by atoms with van der Waals surface area (Å²) in [5.41, 5.74) is 2.40. The van der Waals surface area contributed by atoms with Crippen LogP contribution < -0.4 is 10.1 Å². The number of anilines is 1. The van der Waals surface area contributed by atoms with Crippen LogP contribution in [0.3, 0.4) is 0 Å². The van der Waals surface area contributed by atoms with E-state index in [0.29, 0.717) is 35.4 Å². The van der Waals surface area contributed by atoms with Crippen molar-refractivity contribution in [3.05, 3.63) is 58.7 Å². The number of hydrogen-bond acceptors (Lipinski definition) is 8. The zero-order valence-corrected chi connectivity index (χ0v) is 23.1. The number of aliphatic hydroxyl groups is 1. The summed E-state index contributed by atoms with van der Waals surface area (Å²) in [4.78, 5) is 32.6. The molecule has 1 aliphatic rings. The van der Waals surface area contributed by atoms with Crippen molar-refractivity contribution < 1.29 is 33.0 Å². The van der Waals surface area contributed by atoms with E-state index >= 15 is 0 Å². The molecule has 0 spiro atoms. The number of carbonyl (C=O) groups is 2. The molecule has 0 saturated carbocycles. The molecule has 8 nitrogen and oxygen atoms in total. The molecule has 0 bridgehead atoms. The first-order valence-corrected chi connectivity index (χ1v) is 13.8. The summed E-state index contributed by atoms with van der Waals surface area (Å²) in [7, 11) is 1.66. The molecular weight excluding hydrogens is 540 g/mol. The van der Waals surface area contributed by atoms with E-state index in [-0.39, 0.29) is 35.5 Å². The Balaban J connectivity index is 1.53. The summed E-state index contributed by atoms with van der Waals surface area (Å²) >= 11 is 1.40. The lowest BCUT2D eigenvalue weighted by molar-refractivity contribution is -0.123. The highest BCUT2D eigenvalue weighted by Gasteiger charge is 2.24. The molecule has 1 aliphatic heterocycles. The standard InChI is InChI=1S/C29H31F2N3O5S/c1-17(8-10-38-2)19(12-20(37)15-35)11-18-3-4-21(33-14-18)26-13-23-29(40-26)25(7-9-32-23)39-24-6-5-22(34-16-36)27(30)28(24)31/h5-7,9,13-14,16-17,19,35H,3-4,8,10-12,15H2,1-2H3,(H,34,36)/t17?,19-/m1/s1. The molecule has 1 aromatic carbocycles. The van der Waals surface area contributed by atoms with Gasteiger partial charge in [-0.05, 0) is 55.7 Å². The van der Waals surface area contributed by atoms with E-state index in [9.17, 15) is 23.5 Å². The lowest BCUT2D eigenvalue weighted by Crippen LogP contribution is -2.20. The summed E-state index contributed by atoms with van der Waals surface area (Å²) in [6.07, 6.45) is 7.03. The number of amides is 1. The van der Waals surface area contributed by atoms with E-state index in [4.69, 9.17) is 14.5 Å². The number of Topliss-reactive ketones (excluding diaryl/α,β-unsaturated/α-hetero) is 1. The number of rotatable bonds is 14. The molecule has 2 atom stereocenters. The van der Waals surface area contributed by atoms with Gasteiger partial charge in [0.15, 0.2) is 17.3 Å². The quantitative estimate of drug-likeness (QED) is 0.229. The van der Waals surface area contributed by atoms with Gasteiger partial charge in [-0.2, -0.15) is 4.39 Å². The predicted octanol–water partition coefficient (Wildman–Crippen LogP) is 6.03. The largest absolute Gasteiger partial charge is 0.453 e. The van der Waals surface area contributed by atoms with Gasteiger partial charge in [0.25, 0.3) is 0 Å². The molecule has 3 heterocycles. The molecule has 2 aromatic heterocycles. The molecule has 0 radical (unpaired) electrons. The molecule has 40 heavy (non-hydrogen) atoms. The van der Waals surface area contributed by atoms with Gasteiger partial charge in [0.05, 0.1) is 26.5 Å². The molecular formula is C29H31F2N3O5S. The molecule has 1 amide bonds. The third kappa shape index (κ3) is 6.96. The number of aliphatic imine (C=N–C) groups is 1. The van der Waals surface area contributed by atoms with Crippen LogP contribution in [0.2, 0.25) is 0 Å². The maximum atomic E-state index is 14.6. The number of allylic oxidation sites excluding steroid dienone is 1. The molecule has 0 saturated heterocycles. The molecule has 3 aromatic rings. The summed E-state index contributed by atoms with van der Waals surface area (Å²) in [5, 5.41) is 11.4. The first-order chi connectivity index (χ1) is 19.3. The van der Waals surface area contributed by atoms with Gasteiger partial charge in [-0.25, -0.2) is 4.39 Å². The summed E-state index contributed by atoms with van der Waals surface area (Å²) < 4.78 is 40.4. The minimum atomic E-state index is -1.21. The van der Waals surface area contributed by atoms with Crippen LogP contribution in [-0.4, -0.2) is 48.3 Å². The van der Waals surface area contributed by atoms with Crippen molar-refractivity contribution >= 4 is 45.1 Å². The number of fused-ring (bicyclic) bond motifs is 1. The van der Waals surface area contributed by atoms with E-state index in [1.165, 1.54) is 29.7 Å². The second-order valence-electron chi connectivity index (χ2n) is 9.72. The number of thiophene rings is 1. The van der Waals surface area contributed by atoms with Gasteiger partial charge in [-0.3, -0.25) is 19.6 Å². The Hall–Kier alpha value is -3.54. The van der Waals surface area contributed by atoms with E-state index in [2.05, 4.69) is 17.2 Å². The average Bonchev–Trinajstić information content (AvgIpc) is 3.41. The number of aliphatic hydroxyl groups excluding tert-OH is 1. The summed E-state index contributed by atoms with van der Waals surface area (Å²) in [5.74, 6) is -2.22. The summed E-state index contributed by atoms with van der Waals surface area (Å²) in [6, 6.07) is 5.95. The number of pyridine rings is 1. The highest BCUT2D eigenvalue weighted by Crippen LogP contribution is 2.38. The molecule has 0 aliphatic carbocycles. The fraction of sp³-hybridized carbons (Fsp3) is 0.379. The highest BCUT2D eigenvalue weighted by molar-refractivity contribution is 7.21. The monoisotopic (exact) mass is 571 g/mol. The minimum absolute atomic E-state index is 0.0968. The Morgan fingerprint density at radius 3 is 2.75 bits per heavy atom. The number of nitrogens with zero attached hydrogens (tertiary/aromatic N) is 2. The Kier molecular flexibility index (Phi) is 10.1. The molecule has 212 valence electrons. The smallest absolute Gasteiger partial charge is 0.211 e. The molecule has 1 unspecified atom stereocenters. The van der Waals surface area contributed by atoms with Gasteiger partial charge in [-0.15, -0.1) is 11.3 Å². The number of hydrogen-bond donors (Lipinski definition) is 2.